The van der Waals surface area contributed by atoms with Crippen LogP contribution in [0.1, 0.15) is 118 Å². The quantitative estimate of drug-likeness (QED) is 0.178. The molecule has 0 spiro atoms. The molecule has 1 fully saturated rings. The van der Waals surface area contributed by atoms with Crippen molar-refractivity contribution in [2.45, 2.75) is 105 Å². The third kappa shape index (κ3) is 7.49. The van der Waals surface area contributed by atoms with Crippen molar-refractivity contribution >= 4 is 11.6 Å². The topological polar surface area (TPSA) is 0 Å². The van der Waals surface area contributed by atoms with Crippen molar-refractivity contribution in [2.75, 3.05) is 0 Å². The van der Waals surface area contributed by atoms with E-state index >= 15 is 0 Å². The van der Waals surface area contributed by atoms with Gasteiger partial charge in [0.05, 0.1) is 0 Å². The third-order valence-electron chi connectivity index (χ3n) is 10.6. The average molecular weight is 621 g/mol. The molecule has 0 bridgehead atoms. The molecule has 2 unspecified atom stereocenters. The molecule has 0 N–H and O–H groups in total. The molecule has 47 heavy (non-hydrogen) atoms. The van der Waals surface area contributed by atoms with Crippen molar-refractivity contribution in [1.82, 2.24) is 0 Å². The Kier molecular flexibility index (Phi) is 11.2. The van der Waals surface area contributed by atoms with Crippen LogP contribution in [0.2, 0.25) is 0 Å². The van der Waals surface area contributed by atoms with Crippen LogP contribution >= 0.6 is 0 Å². The van der Waals surface area contributed by atoms with Gasteiger partial charge in [0.2, 0.25) is 0 Å². The average Bonchev–Trinajstić information content (AvgIpc) is 3.37. The predicted octanol–water partition coefficient (Wildman–Crippen LogP) is 12.9. The van der Waals surface area contributed by atoms with E-state index in [4.69, 9.17) is 6.58 Å². The Hall–Kier alpha value is -3.90. The predicted molar refractivity (Wildman–Crippen MR) is 207 cm³/mol. The zero-order chi connectivity index (χ0) is 33.7. The van der Waals surface area contributed by atoms with Gasteiger partial charge in [0.25, 0.3) is 0 Å². The second-order valence-corrected chi connectivity index (χ2v) is 14.0. The molecule has 244 valence electrons. The van der Waals surface area contributed by atoms with E-state index in [-0.39, 0.29) is 11.8 Å². The molecule has 0 heterocycles. The standard InChI is InChI=1S/C47H56/c1-10-14-32(7)45-33(8)26-44-30-43(34(9)46(44)47(45)42-25-24-37(12-3)38(13-4)29-42)28-36-19-23-40(41(27-36)15-11-2)22-18-35-16-20-39(21-17-35)31(5)6/h16-17,19-21,23-29,46-47H,5,7,9-15,18,22,30H2,1-4,6,8H3/b43-28+. The zero-order valence-electron chi connectivity index (χ0n) is 30.1. The van der Waals surface area contributed by atoms with Gasteiger partial charge in [-0.25, -0.2) is 0 Å². The largest absolute Gasteiger partial charge is 0.0955 e. The number of allylic oxidation sites excluding steroid dienone is 8. The summed E-state index contributed by atoms with van der Waals surface area (Å²) in [5, 5.41) is 0. The highest BCUT2D eigenvalue weighted by molar-refractivity contribution is 5.68. The lowest BCUT2D eigenvalue weighted by molar-refractivity contribution is 0.618. The van der Waals surface area contributed by atoms with Gasteiger partial charge < -0.3 is 0 Å². The summed E-state index contributed by atoms with van der Waals surface area (Å²) in [6, 6.07) is 23.4. The molecule has 0 aromatic heterocycles. The summed E-state index contributed by atoms with van der Waals surface area (Å²) in [5.41, 5.74) is 20.7. The summed E-state index contributed by atoms with van der Waals surface area (Å²) in [5.74, 6) is 0.558. The van der Waals surface area contributed by atoms with Crippen LogP contribution in [0.5, 0.6) is 0 Å². The molecular formula is C47H56. The number of fused-ring (bicyclic) bond motifs is 1. The van der Waals surface area contributed by atoms with Crippen molar-refractivity contribution in [3.8, 4) is 0 Å². The van der Waals surface area contributed by atoms with Gasteiger partial charge in [-0.1, -0.05) is 150 Å². The first-order valence-corrected chi connectivity index (χ1v) is 18.2. The Bertz CT molecular complexity index is 1750. The van der Waals surface area contributed by atoms with E-state index in [1.165, 1.54) is 77.9 Å². The van der Waals surface area contributed by atoms with E-state index in [1.54, 1.807) is 0 Å². The third-order valence-corrected chi connectivity index (χ3v) is 10.6. The zero-order valence-corrected chi connectivity index (χ0v) is 30.1. The van der Waals surface area contributed by atoms with Gasteiger partial charge in [-0.05, 0) is 126 Å². The minimum absolute atomic E-state index is 0.270. The molecule has 2 aliphatic rings. The molecule has 0 amide bonds. The van der Waals surface area contributed by atoms with E-state index in [0.717, 1.165) is 63.4 Å². The van der Waals surface area contributed by atoms with Crippen LogP contribution in [-0.2, 0) is 32.1 Å². The van der Waals surface area contributed by atoms with Crippen LogP contribution < -0.4 is 0 Å². The number of benzene rings is 3. The van der Waals surface area contributed by atoms with Crippen LogP contribution in [0.4, 0.5) is 0 Å². The van der Waals surface area contributed by atoms with E-state index in [0.29, 0.717) is 0 Å². The van der Waals surface area contributed by atoms with Crippen LogP contribution in [0.3, 0.4) is 0 Å². The Labute approximate surface area is 286 Å². The molecule has 0 radical (unpaired) electrons. The first-order valence-electron chi connectivity index (χ1n) is 18.2. The molecule has 0 heteroatoms. The molecule has 0 saturated heterocycles. The molecule has 0 nitrogen and oxygen atoms in total. The summed E-state index contributed by atoms with van der Waals surface area (Å²) >= 11 is 0. The van der Waals surface area contributed by atoms with Crippen molar-refractivity contribution in [3.05, 3.63) is 164 Å². The van der Waals surface area contributed by atoms with Gasteiger partial charge >= 0.3 is 0 Å². The normalized spacial score (nSPS) is 18.5. The maximum atomic E-state index is 4.82. The fraction of sp³-hybridized carbons (Fsp3) is 0.362. The fourth-order valence-corrected chi connectivity index (χ4v) is 8.06. The maximum absolute atomic E-state index is 4.82. The molecule has 1 saturated carbocycles. The summed E-state index contributed by atoms with van der Waals surface area (Å²) < 4.78 is 0. The fourth-order valence-electron chi connectivity index (χ4n) is 8.06. The lowest BCUT2D eigenvalue weighted by Gasteiger charge is -2.35. The lowest BCUT2D eigenvalue weighted by Crippen LogP contribution is -2.21. The molecule has 3 aromatic rings. The molecule has 2 aliphatic carbocycles. The Morgan fingerprint density at radius 1 is 0.766 bits per heavy atom. The van der Waals surface area contributed by atoms with Gasteiger partial charge in [0.1, 0.15) is 0 Å². The maximum Gasteiger partial charge on any atom is 0.0201 e. The number of aryl methyl sites for hydroxylation is 5. The minimum atomic E-state index is 0.270. The first-order chi connectivity index (χ1) is 22.7. The Morgan fingerprint density at radius 3 is 2.15 bits per heavy atom. The number of hydrogen-bond donors (Lipinski definition) is 0. The highest BCUT2D eigenvalue weighted by atomic mass is 14.4. The van der Waals surface area contributed by atoms with Gasteiger partial charge in [-0.2, -0.15) is 0 Å². The van der Waals surface area contributed by atoms with Crippen LogP contribution in [0.25, 0.3) is 11.6 Å². The number of rotatable bonds is 13. The Balaban J connectivity index is 1.45. The van der Waals surface area contributed by atoms with E-state index in [2.05, 4.69) is 128 Å². The molecule has 3 aromatic carbocycles. The van der Waals surface area contributed by atoms with Gasteiger partial charge in [-0.15, -0.1) is 0 Å². The summed E-state index contributed by atoms with van der Waals surface area (Å²) in [4.78, 5) is 0. The van der Waals surface area contributed by atoms with Gasteiger partial charge in [-0.3, -0.25) is 0 Å². The number of hydrogen-bond acceptors (Lipinski definition) is 0. The lowest BCUT2D eigenvalue weighted by atomic mass is 9.68. The van der Waals surface area contributed by atoms with Crippen LogP contribution in [0, 0.1) is 5.92 Å². The minimum Gasteiger partial charge on any atom is -0.0955 e. The molecule has 2 atom stereocenters. The summed E-state index contributed by atoms with van der Waals surface area (Å²) in [6.07, 6.45) is 14.5. The van der Waals surface area contributed by atoms with E-state index in [1.807, 2.05) is 0 Å². The monoisotopic (exact) mass is 620 g/mol. The van der Waals surface area contributed by atoms with E-state index < -0.39 is 0 Å². The summed E-state index contributed by atoms with van der Waals surface area (Å²) in [7, 11) is 0. The van der Waals surface area contributed by atoms with Crippen LogP contribution in [-0.4, -0.2) is 0 Å². The van der Waals surface area contributed by atoms with Crippen molar-refractivity contribution in [3.63, 3.8) is 0 Å². The SMILES string of the molecule is C=C(CCC)C1=C(C)C=C2C/C(=C\c3ccc(CCc4ccc(C(=C)C)cc4)c(CCC)c3)C(=C)C2C1c1ccc(CC)c(CC)c1. The van der Waals surface area contributed by atoms with E-state index in [9.17, 15) is 0 Å². The smallest absolute Gasteiger partial charge is 0.0201 e. The van der Waals surface area contributed by atoms with Gasteiger partial charge in [0.15, 0.2) is 0 Å². The van der Waals surface area contributed by atoms with Gasteiger partial charge in [0, 0.05) is 11.8 Å². The summed E-state index contributed by atoms with van der Waals surface area (Å²) in [6.45, 7) is 27.0. The van der Waals surface area contributed by atoms with Crippen molar-refractivity contribution in [1.29, 1.82) is 0 Å². The highest BCUT2D eigenvalue weighted by Gasteiger charge is 2.41. The molecule has 5 rings (SSSR count). The molecule has 0 aliphatic heterocycles. The van der Waals surface area contributed by atoms with Crippen molar-refractivity contribution in [2.24, 2.45) is 5.92 Å². The second kappa shape index (κ2) is 15.3. The van der Waals surface area contributed by atoms with Crippen molar-refractivity contribution < 1.29 is 0 Å². The second-order valence-electron chi connectivity index (χ2n) is 14.0. The van der Waals surface area contributed by atoms with Crippen LogP contribution in [0.15, 0.2) is 120 Å². The molecular weight excluding hydrogens is 565 g/mol. The first kappa shape index (κ1) is 34.4. The Morgan fingerprint density at radius 2 is 1.49 bits per heavy atom. The highest BCUT2D eigenvalue weighted by Crippen LogP contribution is 2.55.